The first kappa shape index (κ1) is 15.0. The summed E-state index contributed by atoms with van der Waals surface area (Å²) in [7, 11) is 0. The van der Waals surface area contributed by atoms with E-state index in [4.69, 9.17) is 5.11 Å². The number of hydrogen-bond donors (Lipinski definition) is 3. The molecule has 5 heteroatoms. The summed E-state index contributed by atoms with van der Waals surface area (Å²) in [6, 6.07) is 3.92. The smallest absolute Gasteiger partial charge is 0.314 e. The van der Waals surface area contributed by atoms with Gasteiger partial charge in [-0.05, 0) is 24.8 Å². The van der Waals surface area contributed by atoms with Crippen molar-refractivity contribution in [2.75, 3.05) is 13.1 Å². The highest BCUT2D eigenvalue weighted by atomic mass is 32.1. The molecule has 0 bridgehead atoms. The molecule has 0 aliphatic heterocycles. The van der Waals surface area contributed by atoms with Gasteiger partial charge in [0.25, 0.3) is 0 Å². The Bertz CT molecular complexity index is 361. The molecular weight excluding hydrogens is 248 g/mol. The molecule has 18 heavy (non-hydrogen) atoms. The summed E-state index contributed by atoms with van der Waals surface area (Å²) < 4.78 is 0. The number of carbonyl (C=O) groups is 1. The van der Waals surface area contributed by atoms with E-state index in [1.54, 1.807) is 18.3 Å². The zero-order valence-corrected chi connectivity index (χ0v) is 12.0. The summed E-state index contributed by atoms with van der Waals surface area (Å²) in [6.45, 7) is 7.00. The highest BCUT2D eigenvalue weighted by molar-refractivity contribution is 7.10. The van der Waals surface area contributed by atoms with E-state index < -0.39 is 0 Å². The van der Waals surface area contributed by atoms with Gasteiger partial charge in [-0.25, -0.2) is 4.79 Å². The third kappa shape index (κ3) is 5.06. The molecule has 0 aromatic carbocycles. The molecule has 0 fully saturated rings. The lowest BCUT2D eigenvalue weighted by atomic mass is 9.91. The van der Waals surface area contributed by atoms with E-state index in [9.17, 15) is 4.79 Å². The van der Waals surface area contributed by atoms with E-state index >= 15 is 0 Å². The summed E-state index contributed by atoms with van der Waals surface area (Å²) in [5.41, 5.74) is -0.0597. The summed E-state index contributed by atoms with van der Waals surface area (Å²) in [6.07, 6.45) is 0.190. The van der Waals surface area contributed by atoms with Gasteiger partial charge in [-0.15, -0.1) is 11.3 Å². The van der Waals surface area contributed by atoms with Crippen molar-refractivity contribution in [1.82, 2.24) is 10.6 Å². The number of amides is 2. The largest absolute Gasteiger partial charge is 0.393 e. The third-order valence-corrected chi connectivity index (χ3v) is 3.96. The van der Waals surface area contributed by atoms with Crippen molar-refractivity contribution in [2.24, 2.45) is 0 Å². The van der Waals surface area contributed by atoms with Crippen molar-refractivity contribution in [3.8, 4) is 0 Å². The molecule has 1 aromatic heterocycles. The van der Waals surface area contributed by atoms with Gasteiger partial charge in [-0.1, -0.05) is 19.9 Å². The van der Waals surface area contributed by atoms with E-state index in [-0.39, 0.29) is 17.6 Å². The van der Waals surface area contributed by atoms with Gasteiger partial charge >= 0.3 is 6.03 Å². The van der Waals surface area contributed by atoms with E-state index in [1.165, 1.54) is 4.88 Å². The number of nitrogens with one attached hydrogen (secondary N) is 2. The average Bonchev–Trinajstić information content (AvgIpc) is 2.80. The molecule has 1 unspecified atom stereocenters. The molecule has 0 radical (unpaired) electrons. The van der Waals surface area contributed by atoms with Crippen LogP contribution in [0.1, 0.15) is 32.1 Å². The Balaban J connectivity index is 2.29. The molecule has 4 nitrogen and oxygen atoms in total. The zero-order chi connectivity index (χ0) is 13.6. The molecule has 0 saturated carbocycles. The maximum atomic E-state index is 11.5. The molecule has 1 aromatic rings. The van der Waals surface area contributed by atoms with Gasteiger partial charge in [0.05, 0.1) is 6.10 Å². The molecule has 3 N–H and O–H groups in total. The minimum absolute atomic E-state index is 0.0597. The molecule has 0 aliphatic rings. The molecule has 1 rings (SSSR count). The first-order valence-electron chi connectivity index (χ1n) is 6.15. The molecule has 0 aliphatic carbocycles. The van der Waals surface area contributed by atoms with Gasteiger partial charge in [-0.3, -0.25) is 0 Å². The maximum Gasteiger partial charge on any atom is 0.314 e. The van der Waals surface area contributed by atoms with Gasteiger partial charge in [-0.2, -0.15) is 0 Å². The predicted octanol–water partition coefficient (Wildman–Crippen LogP) is 2.10. The van der Waals surface area contributed by atoms with E-state index in [0.29, 0.717) is 19.5 Å². The van der Waals surface area contributed by atoms with Crippen LogP contribution in [-0.4, -0.2) is 30.3 Å². The van der Waals surface area contributed by atoms with Gasteiger partial charge in [0.15, 0.2) is 0 Å². The number of urea groups is 1. The van der Waals surface area contributed by atoms with Gasteiger partial charge in [0.2, 0.25) is 0 Å². The fourth-order valence-corrected chi connectivity index (χ4v) is 2.36. The first-order valence-corrected chi connectivity index (χ1v) is 7.03. The van der Waals surface area contributed by atoms with Crippen LogP contribution in [0.2, 0.25) is 0 Å². The summed E-state index contributed by atoms with van der Waals surface area (Å²) in [5, 5.41) is 16.7. The predicted molar refractivity (Wildman–Crippen MR) is 75.0 cm³/mol. The maximum absolute atomic E-state index is 11.5. The SMILES string of the molecule is CC(O)CCNC(=O)NCC(C)(C)c1cccs1. The van der Waals surface area contributed by atoms with Crippen LogP contribution in [0.15, 0.2) is 17.5 Å². The first-order chi connectivity index (χ1) is 8.42. The second-order valence-corrected chi connectivity index (χ2v) is 6.06. The van der Waals surface area contributed by atoms with E-state index in [1.807, 2.05) is 11.4 Å². The number of carbonyl (C=O) groups excluding carboxylic acids is 1. The second-order valence-electron chi connectivity index (χ2n) is 5.11. The lowest BCUT2D eigenvalue weighted by Gasteiger charge is -2.23. The lowest BCUT2D eigenvalue weighted by molar-refractivity contribution is 0.183. The Morgan fingerprint density at radius 3 is 2.78 bits per heavy atom. The van der Waals surface area contributed by atoms with Crippen LogP contribution in [0.4, 0.5) is 4.79 Å². The molecule has 0 saturated heterocycles. The topological polar surface area (TPSA) is 61.4 Å². The highest BCUT2D eigenvalue weighted by Gasteiger charge is 2.22. The van der Waals surface area contributed by atoms with Crippen LogP contribution < -0.4 is 10.6 Å². The van der Waals surface area contributed by atoms with Crippen molar-refractivity contribution in [2.45, 2.75) is 38.7 Å². The Kier molecular flexibility index (Phi) is 5.62. The summed E-state index contributed by atoms with van der Waals surface area (Å²) in [4.78, 5) is 12.8. The number of aliphatic hydroxyl groups is 1. The number of aliphatic hydroxyl groups excluding tert-OH is 1. The monoisotopic (exact) mass is 270 g/mol. The highest BCUT2D eigenvalue weighted by Crippen LogP contribution is 2.26. The molecule has 1 atom stereocenters. The third-order valence-electron chi connectivity index (χ3n) is 2.73. The fourth-order valence-electron chi connectivity index (χ4n) is 1.51. The standard InChI is InChI=1S/C13H22N2O2S/c1-10(16)6-7-14-12(17)15-9-13(2,3)11-5-4-8-18-11/h4-5,8,10,16H,6-7,9H2,1-3H3,(H2,14,15,17). The summed E-state index contributed by atoms with van der Waals surface area (Å²) >= 11 is 1.70. The van der Waals surface area contributed by atoms with Crippen LogP contribution in [0.25, 0.3) is 0 Å². The minimum Gasteiger partial charge on any atom is -0.393 e. The van der Waals surface area contributed by atoms with E-state index in [2.05, 4.69) is 30.5 Å². The Morgan fingerprint density at radius 2 is 2.22 bits per heavy atom. The molecular formula is C13H22N2O2S. The van der Waals surface area contributed by atoms with Crippen molar-refractivity contribution in [3.05, 3.63) is 22.4 Å². The van der Waals surface area contributed by atoms with Crippen molar-refractivity contribution in [1.29, 1.82) is 0 Å². The fraction of sp³-hybridized carbons (Fsp3) is 0.615. The van der Waals surface area contributed by atoms with E-state index in [0.717, 1.165) is 0 Å². The number of thiophene rings is 1. The van der Waals surface area contributed by atoms with Crippen molar-refractivity contribution in [3.63, 3.8) is 0 Å². The Hall–Kier alpha value is -1.07. The normalized spacial score (nSPS) is 13.1. The number of hydrogen-bond acceptors (Lipinski definition) is 3. The lowest BCUT2D eigenvalue weighted by Crippen LogP contribution is -2.42. The van der Waals surface area contributed by atoms with Gasteiger partial charge < -0.3 is 15.7 Å². The summed E-state index contributed by atoms with van der Waals surface area (Å²) in [5.74, 6) is 0. The molecule has 102 valence electrons. The second kappa shape index (κ2) is 6.75. The quantitative estimate of drug-likeness (QED) is 0.741. The van der Waals surface area contributed by atoms with Crippen LogP contribution in [-0.2, 0) is 5.41 Å². The zero-order valence-electron chi connectivity index (χ0n) is 11.2. The van der Waals surface area contributed by atoms with Crippen LogP contribution in [0, 0.1) is 0 Å². The van der Waals surface area contributed by atoms with Gasteiger partial charge in [0.1, 0.15) is 0 Å². The Labute approximate surface area is 112 Å². The van der Waals surface area contributed by atoms with Gasteiger partial charge in [0, 0.05) is 23.4 Å². The van der Waals surface area contributed by atoms with Crippen molar-refractivity contribution < 1.29 is 9.90 Å². The average molecular weight is 270 g/mol. The van der Waals surface area contributed by atoms with Crippen LogP contribution in [0.5, 0.6) is 0 Å². The Morgan fingerprint density at radius 1 is 1.50 bits per heavy atom. The van der Waals surface area contributed by atoms with Crippen molar-refractivity contribution >= 4 is 17.4 Å². The molecule has 2 amide bonds. The van der Waals surface area contributed by atoms with Crippen LogP contribution in [0.3, 0.4) is 0 Å². The minimum atomic E-state index is -0.382. The molecule has 0 spiro atoms. The van der Waals surface area contributed by atoms with Crippen LogP contribution >= 0.6 is 11.3 Å². The molecule has 1 heterocycles. The number of rotatable bonds is 6.